The van der Waals surface area contributed by atoms with Crippen molar-refractivity contribution in [2.24, 2.45) is 0 Å². The summed E-state index contributed by atoms with van der Waals surface area (Å²) in [4.78, 5) is 4.48. The second-order valence-electron chi connectivity index (χ2n) is 7.82. The van der Waals surface area contributed by atoms with Gasteiger partial charge in [0, 0.05) is 28.8 Å². The summed E-state index contributed by atoms with van der Waals surface area (Å²) < 4.78 is 73.8. The van der Waals surface area contributed by atoms with Gasteiger partial charge in [-0.1, -0.05) is 6.07 Å². The van der Waals surface area contributed by atoms with Gasteiger partial charge < -0.3 is 4.74 Å². The van der Waals surface area contributed by atoms with Gasteiger partial charge in [-0.05, 0) is 53.4 Å². The molecule has 36 heavy (non-hydrogen) atoms. The zero-order valence-electron chi connectivity index (χ0n) is 18.6. The Balaban J connectivity index is 1.60. The molecule has 11 heteroatoms. The van der Waals surface area contributed by atoms with Gasteiger partial charge in [-0.2, -0.15) is 0 Å². The van der Waals surface area contributed by atoms with E-state index in [4.69, 9.17) is 4.74 Å². The SMILES string of the molecule is COc1cc(-c2cc(F)cc(F)c2)c(F)cc1-c1nccc2cc(S(=O)(=O)Cc3nncs3)ccc12. The summed E-state index contributed by atoms with van der Waals surface area (Å²) in [7, 11) is -2.29. The molecule has 0 radical (unpaired) electrons. The second kappa shape index (κ2) is 9.32. The van der Waals surface area contributed by atoms with Crippen molar-refractivity contribution in [3.63, 3.8) is 0 Å². The quantitative estimate of drug-likeness (QED) is 0.277. The third-order valence-electron chi connectivity index (χ3n) is 5.53. The maximum atomic E-state index is 15.2. The first-order chi connectivity index (χ1) is 17.2. The molecule has 0 saturated heterocycles. The van der Waals surface area contributed by atoms with Crippen molar-refractivity contribution < 1.29 is 26.3 Å². The number of methoxy groups -OCH3 is 1. The largest absolute Gasteiger partial charge is 0.496 e. The molecule has 6 nitrogen and oxygen atoms in total. The summed E-state index contributed by atoms with van der Waals surface area (Å²) in [6.07, 6.45) is 1.48. The van der Waals surface area contributed by atoms with Crippen LogP contribution in [0.3, 0.4) is 0 Å². The molecule has 2 heterocycles. The summed E-state index contributed by atoms with van der Waals surface area (Å²) in [5.41, 5.74) is 2.09. The van der Waals surface area contributed by atoms with Gasteiger partial charge in [0.05, 0.1) is 17.7 Å². The van der Waals surface area contributed by atoms with Crippen LogP contribution in [0.25, 0.3) is 33.2 Å². The minimum Gasteiger partial charge on any atom is -0.496 e. The number of benzene rings is 3. The van der Waals surface area contributed by atoms with Crippen LogP contribution in [0.5, 0.6) is 5.75 Å². The van der Waals surface area contributed by atoms with E-state index in [1.165, 1.54) is 43.1 Å². The Morgan fingerprint density at radius 2 is 1.72 bits per heavy atom. The minimum atomic E-state index is -3.67. The Hall–Kier alpha value is -3.83. The van der Waals surface area contributed by atoms with Gasteiger partial charge in [-0.3, -0.25) is 4.98 Å². The molecule has 0 aliphatic heterocycles. The summed E-state index contributed by atoms with van der Waals surface area (Å²) in [5.74, 6) is -2.45. The lowest BCUT2D eigenvalue weighted by Crippen LogP contribution is -2.05. The maximum Gasteiger partial charge on any atom is 0.184 e. The van der Waals surface area contributed by atoms with E-state index in [1.54, 1.807) is 12.1 Å². The van der Waals surface area contributed by atoms with Crippen molar-refractivity contribution in [2.75, 3.05) is 7.11 Å². The number of pyridine rings is 1. The highest BCUT2D eigenvalue weighted by Gasteiger charge is 2.21. The van der Waals surface area contributed by atoms with Crippen molar-refractivity contribution in [1.29, 1.82) is 0 Å². The number of fused-ring (bicyclic) bond motifs is 1. The van der Waals surface area contributed by atoms with Gasteiger partial charge in [-0.15, -0.1) is 21.5 Å². The van der Waals surface area contributed by atoms with Crippen LogP contribution in [0.1, 0.15) is 5.01 Å². The maximum absolute atomic E-state index is 15.2. The number of ether oxygens (including phenoxy) is 1. The van der Waals surface area contributed by atoms with Crippen LogP contribution in [-0.4, -0.2) is 30.7 Å². The Labute approximate surface area is 208 Å². The van der Waals surface area contributed by atoms with E-state index in [1.807, 2.05) is 0 Å². The van der Waals surface area contributed by atoms with Crippen LogP contribution in [0, 0.1) is 17.5 Å². The minimum absolute atomic E-state index is 0.0195. The van der Waals surface area contributed by atoms with Crippen LogP contribution in [0.15, 0.2) is 71.2 Å². The molecule has 0 atom stereocenters. The first kappa shape index (κ1) is 23.9. The predicted octanol–water partition coefficient (Wildman–Crippen LogP) is 5.82. The van der Waals surface area contributed by atoms with E-state index >= 15 is 4.39 Å². The van der Waals surface area contributed by atoms with Gasteiger partial charge in [0.15, 0.2) is 9.84 Å². The van der Waals surface area contributed by atoms with Crippen LogP contribution < -0.4 is 4.74 Å². The van der Waals surface area contributed by atoms with E-state index in [9.17, 15) is 17.2 Å². The zero-order valence-corrected chi connectivity index (χ0v) is 20.2. The third kappa shape index (κ3) is 4.54. The summed E-state index contributed by atoms with van der Waals surface area (Å²) in [6, 6.07) is 11.5. The number of rotatable bonds is 6. The van der Waals surface area contributed by atoms with Crippen LogP contribution in [0.4, 0.5) is 13.2 Å². The molecule has 0 amide bonds. The summed E-state index contributed by atoms with van der Waals surface area (Å²) >= 11 is 1.15. The Morgan fingerprint density at radius 1 is 0.944 bits per heavy atom. The molecule has 5 aromatic rings. The summed E-state index contributed by atoms with van der Waals surface area (Å²) in [5, 5.41) is 8.98. The molecular formula is C25H16F3N3O3S2. The van der Waals surface area contributed by atoms with Gasteiger partial charge >= 0.3 is 0 Å². The predicted molar refractivity (Wildman–Crippen MR) is 130 cm³/mol. The molecule has 0 N–H and O–H groups in total. The normalized spacial score (nSPS) is 11.7. The first-order valence-electron chi connectivity index (χ1n) is 10.5. The van der Waals surface area contributed by atoms with Gasteiger partial charge in [0.25, 0.3) is 0 Å². The standard InChI is InChI=1S/C25H16F3N3O3S2/c1-34-23-11-20(15-6-16(26)9-17(27)7-15)22(28)10-21(23)25-19-3-2-18(8-14(19)4-5-29-25)36(32,33)12-24-31-30-13-35-24/h2-11,13H,12H2,1H3. The fourth-order valence-electron chi connectivity index (χ4n) is 3.91. The first-order valence-corrected chi connectivity index (χ1v) is 13.0. The number of hydrogen-bond acceptors (Lipinski definition) is 7. The van der Waals surface area contributed by atoms with E-state index in [2.05, 4.69) is 15.2 Å². The van der Waals surface area contributed by atoms with E-state index in [0.717, 1.165) is 23.5 Å². The fourth-order valence-corrected chi connectivity index (χ4v) is 6.09. The molecule has 0 saturated carbocycles. The molecule has 0 fully saturated rings. The van der Waals surface area contributed by atoms with Crippen LogP contribution >= 0.6 is 11.3 Å². The Kier molecular flexibility index (Phi) is 6.19. The van der Waals surface area contributed by atoms with Gasteiger partial charge in [0.1, 0.15) is 39.5 Å². The number of hydrogen-bond donors (Lipinski definition) is 0. The second-order valence-corrected chi connectivity index (χ2v) is 10.7. The molecule has 0 aliphatic rings. The monoisotopic (exact) mass is 527 g/mol. The molecule has 0 unspecified atom stereocenters. The van der Waals surface area contributed by atoms with Crippen molar-refractivity contribution >= 4 is 31.9 Å². The Morgan fingerprint density at radius 3 is 2.42 bits per heavy atom. The van der Waals surface area contributed by atoms with Gasteiger partial charge in [0.2, 0.25) is 0 Å². The number of aromatic nitrogens is 3. The van der Waals surface area contributed by atoms with Crippen molar-refractivity contribution in [2.45, 2.75) is 10.6 Å². The lowest BCUT2D eigenvalue weighted by Gasteiger charge is -2.14. The lowest BCUT2D eigenvalue weighted by molar-refractivity contribution is 0.415. The molecule has 5 rings (SSSR count). The highest BCUT2D eigenvalue weighted by atomic mass is 32.2. The topological polar surface area (TPSA) is 82.0 Å². The number of sulfone groups is 1. The zero-order chi connectivity index (χ0) is 25.4. The number of nitrogens with zero attached hydrogens (tertiary/aromatic N) is 3. The van der Waals surface area contributed by atoms with Crippen molar-refractivity contribution in [3.8, 4) is 28.1 Å². The van der Waals surface area contributed by atoms with E-state index in [0.29, 0.717) is 33.1 Å². The molecular weight excluding hydrogens is 511 g/mol. The van der Waals surface area contributed by atoms with Crippen molar-refractivity contribution in [3.05, 3.63) is 88.8 Å². The summed E-state index contributed by atoms with van der Waals surface area (Å²) in [6.45, 7) is 0. The molecule has 3 aromatic carbocycles. The smallest absolute Gasteiger partial charge is 0.184 e. The fraction of sp³-hybridized carbons (Fsp3) is 0.0800. The third-order valence-corrected chi connectivity index (χ3v) is 8.04. The van der Waals surface area contributed by atoms with Crippen molar-refractivity contribution in [1.82, 2.24) is 15.2 Å². The molecule has 182 valence electrons. The molecule has 0 bridgehead atoms. The Bertz CT molecular complexity index is 1690. The average Bonchev–Trinajstić information content (AvgIpc) is 3.35. The molecule has 2 aromatic heterocycles. The van der Waals surface area contributed by atoms with E-state index in [-0.39, 0.29) is 27.5 Å². The van der Waals surface area contributed by atoms with Crippen LogP contribution in [0.2, 0.25) is 0 Å². The molecule has 0 spiro atoms. The highest BCUT2D eigenvalue weighted by molar-refractivity contribution is 7.90. The highest BCUT2D eigenvalue weighted by Crippen LogP contribution is 2.39. The van der Waals surface area contributed by atoms with Crippen LogP contribution in [-0.2, 0) is 15.6 Å². The average molecular weight is 528 g/mol. The van der Waals surface area contributed by atoms with Gasteiger partial charge in [-0.25, -0.2) is 21.6 Å². The molecule has 0 aliphatic carbocycles. The van der Waals surface area contributed by atoms with E-state index < -0.39 is 27.3 Å². The number of halogens is 3. The lowest BCUT2D eigenvalue weighted by atomic mass is 9.98.